The summed E-state index contributed by atoms with van der Waals surface area (Å²) in [5.41, 5.74) is 1.63. The van der Waals surface area contributed by atoms with Crippen LogP contribution in [0, 0.1) is 17.1 Å². The average molecular weight is 161 g/mol. The van der Waals surface area contributed by atoms with Crippen molar-refractivity contribution in [3.8, 4) is 6.07 Å². The van der Waals surface area contributed by atoms with E-state index < -0.39 is 0 Å². The number of hydrogen-bond acceptors (Lipinski definition) is 1. The SMILES string of the molecule is N#C[C@H]1CCc2c(F)cccc21. The molecule has 0 spiro atoms. The zero-order valence-electron chi connectivity index (χ0n) is 6.55. The van der Waals surface area contributed by atoms with Gasteiger partial charge in [-0.2, -0.15) is 5.26 Å². The van der Waals surface area contributed by atoms with Crippen LogP contribution >= 0.6 is 0 Å². The van der Waals surface area contributed by atoms with Crippen LogP contribution in [-0.4, -0.2) is 0 Å². The van der Waals surface area contributed by atoms with E-state index >= 15 is 0 Å². The second-order valence-electron chi connectivity index (χ2n) is 3.03. The van der Waals surface area contributed by atoms with Crippen molar-refractivity contribution in [2.24, 2.45) is 0 Å². The fourth-order valence-electron chi connectivity index (χ4n) is 1.74. The van der Waals surface area contributed by atoms with Crippen LogP contribution in [0.25, 0.3) is 0 Å². The van der Waals surface area contributed by atoms with Gasteiger partial charge >= 0.3 is 0 Å². The van der Waals surface area contributed by atoms with Gasteiger partial charge in [-0.15, -0.1) is 0 Å². The first-order chi connectivity index (χ1) is 5.83. The van der Waals surface area contributed by atoms with Gasteiger partial charge in [0.25, 0.3) is 0 Å². The predicted molar refractivity (Wildman–Crippen MR) is 43.1 cm³/mol. The summed E-state index contributed by atoms with van der Waals surface area (Å²) >= 11 is 0. The smallest absolute Gasteiger partial charge is 0.126 e. The number of nitrogens with zero attached hydrogens (tertiary/aromatic N) is 1. The third-order valence-corrected chi connectivity index (χ3v) is 2.37. The van der Waals surface area contributed by atoms with E-state index in [9.17, 15) is 4.39 Å². The highest BCUT2D eigenvalue weighted by atomic mass is 19.1. The van der Waals surface area contributed by atoms with Crippen LogP contribution in [0.5, 0.6) is 0 Å². The van der Waals surface area contributed by atoms with E-state index in [0.29, 0.717) is 6.42 Å². The molecule has 12 heavy (non-hydrogen) atoms. The molecule has 0 N–H and O–H groups in total. The second kappa shape index (κ2) is 2.60. The lowest BCUT2D eigenvalue weighted by molar-refractivity contribution is 0.612. The van der Waals surface area contributed by atoms with Gasteiger partial charge in [-0.3, -0.25) is 0 Å². The zero-order chi connectivity index (χ0) is 8.55. The summed E-state index contributed by atoms with van der Waals surface area (Å²) in [6.07, 6.45) is 1.48. The maximum atomic E-state index is 13.1. The second-order valence-corrected chi connectivity index (χ2v) is 3.03. The maximum absolute atomic E-state index is 13.1. The summed E-state index contributed by atoms with van der Waals surface area (Å²) in [7, 11) is 0. The monoisotopic (exact) mass is 161 g/mol. The zero-order valence-corrected chi connectivity index (χ0v) is 6.55. The van der Waals surface area contributed by atoms with Crippen molar-refractivity contribution in [1.82, 2.24) is 0 Å². The first-order valence-corrected chi connectivity index (χ1v) is 4.00. The molecule has 1 aromatic rings. The number of nitriles is 1. The molecule has 1 aromatic carbocycles. The van der Waals surface area contributed by atoms with Gasteiger partial charge in [0, 0.05) is 0 Å². The highest BCUT2D eigenvalue weighted by Crippen LogP contribution is 2.33. The molecule has 0 aromatic heterocycles. The normalized spacial score (nSPS) is 20.2. The van der Waals surface area contributed by atoms with Gasteiger partial charge in [-0.1, -0.05) is 12.1 Å². The molecular formula is C10H8FN. The van der Waals surface area contributed by atoms with Crippen molar-refractivity contribution in [3.63, 3.8) is 0 Å². The van der Waals surface area contributed by atoms with E-state index in [1.807, 2.05) is 6.07 Å². The Morgan fingerprint density at radius 2 is 2.33 bits per heavy atom. The Bertz CT molecular complexity index is 351. The van der Waals surface area contributed by atoms with Crippen LogP contribution in [0.3, 0.4) is 0 Å². The van der Waals surface area contributed by atoms with Crippen LogP contribution in [0.2, 0.25) is 0 Å². The molecule has 60 valence electrons. The van der Waals surface area contributed by atoms with Crippen molar-refractivity contribution in [1.29, 1.82) is 5.26 Å². The Kier molecular flexibility index (Phi) is 1.58. The molecule has 0 heterocycles. The lowest BCUT2D eigenvalue weighted by Gasteiger charge is -2.00. The average Bonchev–Trinajstić information content (AvgIpc) is 2.49. The van der Waals surface area contributed by atoms with Crippen molar-refractivity contribution < 1.29 is 4.39 Å². The molecule has 2 heteroatoms. The van der Waals surface area contributed by atoms with Crippen LogP contribution in [-0.2, 0) is 6.42 Å². The van der Waals surface area contributed by atoms with Crippen LogP contribution < -0.4 is 0 Å². The topological polar surface area (TPSA) is 23.8 Å². The summed E-state index contributed by atoms with van der Waals surface area (Å²) in [5.74, 6) is -0.249. The molecule has 1 aliphatic carbocycles. The van der Waals surface area contributed by atoms with Crippen molar-refractivity contribution in [3.05, 3.63) is 35.1 Å². The molecule has 1 nitrogen and oxygen atoms in total. The van der Waals surface area contributed by atoms with E-state index in [-0.39, 0.29) is 11.7 Å². The first-order valence-electron chi connectivity index (χ1n) is 4.00. The summed E-state index contributed by atoms with van der Waals surface area (Å²) in [5, 5.41) is 8.73. The minimum atomic E-state index is -0.162. The van der Waals surface area contributed by atoms with Crippen molar-refractivity contribution in [2.45, 2.75) is 18.8 Å². The lowest BCUT2D eigenvalue weighted by Crippen LogP contribution is -1.90. The molecule has 0 unspecified atom stereocenters. The van der Waals surface area contributed by atoms with E-state index in [0.717, 1.165) is 17.5 Å². The molecule has 0 aliphatic heterocycles. The number of benzene rings is 1. The van der Waals surface area contributed by atoms with Crippen LogP contribution in [0.4, 0.5) is 4.39 Å². The van der Waals surface area contributed by atoms with Gasteiger partial charge in [-0.25, -0.2) is 4.39 Å². The third-order valence-electron chi connectivity index (χ3n) is 2.37. The third kappa shape index (κ3) is 0.902. The first kappa shape index (κ1) is 7.30. The number of hydrogen-bond donors (Lipinski definition) is 0. The van der Waals surface area contributed by atoms with Crippen molar-refractivity contribution >= 4 is 0 Å². The van der Waals surface area contributed by atoms with E-state index in [4.69, 9.17) is 5.26 Å². The van der Waals surface area contributed by atoms with Gasteiger partial charge in [-0.05, 0) is 30.0 Å². The molecule has 1 aliphatic rings. The number of fused-ring (bicyclic) bond motifs is 1. The van der Waals surface area contributed by atoms with Gasteiger partial charge in [0.2, 0.25) is 0 Å². The molecule has 0 radical (unpaired) electrons. The summed E-state index contributed by atoms with van der Waals surface area (Å²) in [4.78, 5) is 0. The Balaban J connectivity index is 2.55. The van der Waals surface area contributed by atoms with Crippen LogP contribution in [0.15, 0.2) is 18.2 Å². The van der Waals surface area contributed by atoms with Gasteiger partial charge in [0.1, 0.15) is 5.82 Å². The Labute approximate surface area is 70.4 Å². The fourth-order valence-corrected chi connectivity index (χ4v) is 1.74. The van der Waals surface area contributed by atoms with E-state index in [2.05, 4.69) is 6.07 Å². The Morgan fingerprint density at radius 1 is 1.50 bits per heavy atom. The Morgan fingerprint density at radius 3 is 3.08 bits per heavy atom. The lowest BCUT2D eigenvalue weighted by atomic mass is 10.0. The molecule has 1 atom stereocenters. The highest BCUT2D eigenvalue weighted by molar-refractivity contribution is 5.39. The molecular weight excluding hydrogens is 153 g/mol. The van der Waals surface area contributed by atoms with Crippen LogP contribution in [0.1, 0.15) is 23.5 Å². The van der Waals surface area contributed by atoms with Gasteiger partial charge in [0.15, 0.2) is 0 Å². The molecule has 0 saturated carbocycles. The largest absolute Gasteiger partial charge is 0.207 e. The maximum Gasteiger partial charge on any atom is 0.126 e. The molecule has 2 rings (SSSR count). The molecule has 0 fully saturated rings. The van der Waals surface area contributed by atoms with E-state index in [1.54, 1.807) is 6.07 Å². The number of halogens is 1. The fraction of sp³-hybridized carbons (Fsp3) is 0.300. The highest BCUT2D eigenvalue weighted by Gasteiger charge is 2.23. The predicted octanol–water partition coefficient (Wildman–Crippen LogP) is 2.38. The molecule has 0 bridgehead atoms. The minimum Gasteiger partial charge on any atom is -0.207 e. The Hall–Kier alpha value is -1.36. The molecule has 0 saturated heterocycles. The summed E-state index contributed by atoms with van der Waals surface area (Å²) in [6, 6.07) is 7.15. The quantitative estimate of drug-likeness (QED) is 0.573. The summed E-state index contributed by atoms with van der Waals surface area (Å²) in [6.45, 7) is 0. The summed E-state index contributed by atoms with van der Waals surface area (Å²) < 4.78 is 13.1. The van der Waals surface area contributed by atoms with Crippen molar-refractivity contribution in [2.75, 3.05) is 0 Å². The molecule has 0 amide bonds. The number of rotatable bonds is 0. The van der Waals surface area contributed by atoms with E-state index in [1.165, 1.54) is 6.07 Å². The van der Waals surface area contributed by atoms with Gasteiger partial charge < -0.3 is 0 Å². The minimum absolute atomic E-state index is 0.0873. The van der Waals surface area contributed by atoms with Gasteiger partial charge in [0.05, 0.1) is 12.0 Å². The standard InChI is InChI=1S/C10H8FN/c11-10-3-1-2-8-7(6-12)4-5-9(8)10/h1-3,7H,4-5H2/t7-/m1/s1.